The lowest BCUT2D eigenvalue weighted by Crippen LogP contribution is -2.46. The van der Waals surface area contributed by atoms with Crippen LogP contribution in [-0.2, 0) is 56.5 Å². The Hall–Kier alpha value is -7.23. The number of hydrazine groups is 1. The van der Waals surface area contributed by atoms with Crippen molar-refractivity contribution in [2.24, 2.45) is 9.98 Å². The van der Waals surface area contributed by atoms with Crippen LogP contribution in [-0.4, -0.2) is 289 Å². The minimum atomic E-state index is 0.480. The zero-order valence-corrected chi connectivity index (χ0v) is 88.0. The number of fused-ring (bicyclic) bond motifs is 3. The van der Waals surface area contributed by atoms with Crippen LogP contribution < -0.4 is 19.9 Å². The predicted octanol–water partition coefficient (Wildman–Crippen LogP) is 17.5. The number of pyridine rings is 1. The Morgan fingerprint density at radius 1 is 0.379 bits per heavy atom. The van der Waals surface area contributed by atoms with Crippen LogP contribution in [0, 0.1) is 0 Å². The molecular weight excluding hydrogens is 1630 g/mol. The van der Waals surface area contributed by atoms with E-state index in [0.29, 0.717) is 60.4 Å². The van der Waals surface area contributed by atoms with Crippen LogP contribution >= 0.6 is 0 Å². The number of hydrogen-bond donors (Lipinski definition) is 2. The molecule has 15 heterocycles. The molecule has 2 aromatic carbocycles. The van der Waals surface area contributed by atoms with Crippen molar-refractivity contribution in [1.29, 1.82) is 0 Å². The minimum Gasteiger partial charge on any atom is -0.379 e. The Bertz CT molecular complexity index is 3770. The maximum Gasteiger partial charge on any atom is 0.286 e. The van der Waals surface area contributed by atoms with Gasteiger partial charge in [0.15, 0.2) is 18.4 Å². The molecule has 0 amide bonds. The molecule has 18 rings (SSSR count). The van der Waals surface area contributed by atoms with Crippen LogP contribution in [0.4, 0.5) is 0 Å². The number of ether oxygens (including phenoxy) is 1. The average molecular weight is 1820 g/mol. The van der Waals surface area contributed by atoms with Gasteiger partial charge in [0.1, 0.15) is 25.2 Å². The predicted molar refractivity (Wildman–Crippen MR) is 556 cm³/mol. The van der Waals surface area contributed by atoms with Crippen LogP contribution in [0.2, 0.25) is 0 Å². The maximum atomic E-state index is 5.21. The monoisotopic (exact) mass is 1820 g/mol. The first-order chi connectivity index (χ1) is 63.3. The summed E-state index contributed by atoms with van der Waals surface area (Å²) >= 11 is 0. The number of morpholine rings is 1. The van der Waals surface area contributed by atoms with Gasteiger partial charge in [0.05, 0.1) is 37.8 Å². The zero-order valence-electron chi connectivity index (χ0n) is 88.0. The van der Waals surface area contributed by atoms with Gasteiger partial charge in [0, 0.05) is 244 Å². The number of aliphatic imine (C=N–C) groups is 2. The van der Waals surface area contributed by atoms with Gasteiger partial charge in [0.25, 0.3) is 6.33 Å². The van der Waals surface area contributed by atoms with E-state index in [0.717, 1.165) is 135 Å². The standard InChI is InChI=1S/C14H19N.C12H17N.2C10H15N3.C8H17N.C8H12N.C7H16N2.C7H11N2.C7H15NO.C7H15N.C7H13N.C6H11N3.C6H12N2/c1-10(2)15-9-8-12-5-3-4-11-6-7-13(15)14(11)12;1-10(2)13-8-7-11-5-3-4-6-12(11)9-13;1-8(2)13-4-3-10-9(6-13)5-11-7-12-10;1-8(2)13-4-3-9-5-11-7-12-10(9)6-13;2*1-8(2)9-6-4-3-5-7-9;1-7(2)9-5-3-8-4-6-9;1-7(2)9-5-3-4-8-6-9;1-7(2)8-3-5-9-6-4-8;2*1-7(2)8-5-3-4-6-8;1-6(2)9-4-3-7-5-8-9;1-6(2)8-4-3-7-5-8/h3-5,10,13H,6-9H2,1-2H3;3-6,10H,7-9H2,1-2H3;2*5,7-8H,3-4,6H2,1-2H3;8H,3-7H2,1-2H3;3-8H,1-2H3;7-8H,3-6H2,1-2H3;3-7H,1-2H3;7H,3-6H2,1-2H3;7H,3-6H2,1-2H3;3-4,7H,5-6H2,1-2H3;3-6H,1-2H3,(H,7,8);3,6H,4-5H2,1-2H3/q;;;;;+1;;+1;;;;;. The third-order valence-electron chi connectivity index (χ3n) is 26.5. The van der Waals surface area contributed by atoms with Crippen LogP contribution in [0.15, 0.2) is 157 Å². The Balaban J connectivity index is 0.000000221. The fourth-order valence-corrected chi connectivity index (χ4v) is 17.4. The van der Waals surface area contributed by atoms with Gasteiger partial charge in [-0.25, -0.2) is 34.1 Å². The highest BCUT2D eigenvalue weighted by molar-refractivity contribution is 5.61. The summed E-state index contributed by atoms with van der Waals surface area (Å²) in [6.45, 7) is 84.1. The van der Waals surface area contributed by atoms with Gasteiger partial charge in [-0.05, 0) is 297 Å². The van der Waals surface area contributed by atoms with Crippen molar-refractivity contribution in [3.05, 3.63) is 198 Å². The van der Waals surface area contributed by atoms with E-state index in [1.807, 2.05) is 66.6 Å². The van der Waals surface area contributed by atoms with E-state index >= 15 is 0 Å². The number of aromatic nitrogens is 7. The first-order valence-corrected chi connectivity index (χ1v) is 51.4. The molecule has 6 aromatic rings. The molecule has 2 N–H and O–H groups in total. The number of rotatable bonds is 13. The van der Waals surface area contributed by atoms with Gasteiger partial charge < -0.3 is 19.9 Å². The fourth-order valence-electron chi connectivity index (χ4n) is 17.4. The van der Waals surface area contributed by atoms with E-state index in [4.69, 9.17) is 4.74 Å². The quantitative estimate of drug-likeness (QED) is 0.0827. The summed E-state index contributed by atoms with van der Waals surface area (Å²) in [7, 11) is 0. The number of hydrogen-bond acceptors (Lipinski definition) is 21. The molecule has 11 aliphatic heterocycles. The normalized spacial score (nSPS) is 19.1. The topological polar surface area (TPSA) is 166 Å². The van der Waals surface area contributed by atoms with E-state index in [1.165, 1.54) is 138 Å². The number of likely N-dealkylation sites (tertiary alicyclic amines) is 2. The molecule has 132 heavy (non-hydrogen) atoms. The lowest BCUT2D eigenvalue weighted by Gasteiger charge is -2.38. The summed E-state index contributed by atoms with van der Waals surface area (Å²) in [5.41, 5.74) is 16.0. The summed E-state index contributed by atoms with van der Waals surface area (Å²) in [4.78, 5) is 53.4. The van der Waals surface area contributed by atoms with E-state index in [2.05, 4.69) is 351 Å². The lowest BCUT2D eigenvalue weighted by atomic mass is 9.92. The summed E-state index contributed by atoms with van der Waals surface area (Å²) in [5.74, 6) is 0. The molecule has 0 spiro atoms. The van der Waals surface area contributed by atoms with Crippen molar-refractivity contribution < 1.29 is 13.9 Å². The molecular formula is C109H188N22O+2. The Labute approximate surface area is 805 Å². The number of piperazine rings is 1. The highest BCUT2D eigenvalue weighted by Crippen LogP contribution is 2.42. The number of benzene rings is 2. The largest absolute Gasteiger partial charge is 0.379 e. The minimum absolute atomic E-state index is 0.480. The molecule has 4 saturated heterocycles. The molecule has 23 nitrogen and oxygen atoms in total. The molecule has 12 aliphatic rings. The van der Waals surface area contributed by atoms with Crippen molar-refractivity contribution >= 4 is 12.6 Å². The lowest BCUT2D eigenvalue weighted by molar-refractivity contribution is -0.719. The molecule has 4 aromatic heterocycles. The first-order valence-electron chi connectivity index (χ1n) is 51.4. The second-order valence-electron chi connectivity index (χ2n) is 40.3. The van der Waals surface area contributed by atoms with Crippen LogP contribution in [0.3, 0.4) is 0 Å². The summed E-state index contributed by atoms with van der Waals surface area (Å²) in [6, 6.07) is 32.9. The molecule has 738 valence electrons. The summed E-state index contributed by atoms with van der Waals surface area (Å²) in [5, 5.41) is 5.31. The van der Waals surface area contributed by atoms with Crippen molar-refractivity contribution in [1.82, 2.24) is 89.7 Å². The van der Waals surface area contributed by atoms with E-state index in [9.17, 15) is 0 Å². The third-order valence-corrected chi connectivity index (χ3v) is 26.5. The summed E-state index contributed by atoms with van der Waals surface area (Å²) in [6.07, 6.45) is 43.0. The van der Waals surface area contributed by atoms with Gasteiger partial charge in [-0.1, -0.05) is 72.1 Å². The molecule has 23 heteroatoms. The van der Waals surface area contributed by atoms with Crippen LogP contribution in [0.1, 0.15) is 287 Å². The number of piperidine rings is 1. The average Bonchev–Trinajstić information content (AvgIpc) is 1.61. The molecule has 1 unspecified atom stereocenters. The number of aryl methyl sites for hydroxylation is 1. The molecule has 1 atom stereocenters. The number of nitrogens with one attached hydrogen (secondary N) is 2. The highest BCUT2D eigenvalue weighted by Gasteiger charge is 2.35. The third kappa shape index (κ3) is 43.0. The Morgan fingerprint density at radius 3 is 1.30 bits per heavy atom. The molecule has 1 aliphatic carbocycles. The Morgan fingerprint density at radius 2 is 0.856 bits per heavy atom. The molecule has 0 saturated carbocycles. The van der Waals surface area contributed by atoms with Gasteiger partial charge in [0.2, 0.25) is 0 Å². The van der Waals surface area contributed by atoms with E-state index < -0.39 is 0 Å². The SMILES string of the molecule is CC(C)N1C=CN=CN1.CC(C)N1CC=CC1.CC(C)N1CC=NC1.CC(C)N1CCCC1.CC(C)N1CCCCC1.CC(C)N1CCNCC1.CC(C)N1CCOCC1.CC(C)N1CCc2cccc3c2C1CC3.CC(C)N1CCc2ccccc2C1.CC(C)N1CCc2cncnc2C1.CC(C)N1CCc2ncncc2C1.CC(C)[n+]1ccccc1.CC(C)[n+]1cccnc1. The van der Waals surface area contributed by atoms with Gasteiger partial charge >= 0.3 is 0 Å². The van der Waals surface area contributed by atoms with Gasteiger partial charge in [-0.15, -0.1) is 0 Å². The zero-order chi connectivity index (χ0) is 96.3. The Kier molecular flexibility index (Phi) is 55.0. The van der Waals surface area contributed by atoms with Gasteiger partial charge in [-0.2, -0.15) is 0 Å². The van der Waals surface area contributed by atoms with Crippen molar-refractivity contribution in [3.63, 3.8) is 0 Å². The van der Waals surface area contributed by atoms with Crippen molar-refractivity contribution in [2.75, 3.05) is 131 Å². The molecule has 0 bridgehead atoms. The van der Waals surface area contributed by atoms with E-state index in [1.54, 1.807) is 53.6 Å². The first kappa shape index (κ1) is 113. The van der Waals surface area contributed by atoms with Crippen LogP contribution in [0.5, 0.6) is 0 Å². The second kappa shape index (κ2) is 64.0. The smallest absolute Gasteiger partial charge is 0.286 e. The molecule has 0 radical (unpaired) electrons. The fraction of sp³-hybridized carbons (Fsp3) is 0.679. The maximum absolute atomic E-state index is 5.21. The van der Waals surface area contributed by atoms with Crippen molar-refractivity contribution in [2.45, 2.75) is 355 Å². The molecule has 4 fully saturated rings. The number of nitrogens with zero attached hydrogens (tertiary/aromatic N) is 20. The van der Waals surface area contributed by atoms with Crippen LogP contribution in [0.25, 0.3) is 0 Å². The second-order valence-corrected chi connectivity index (χ2v) is 40.3. The van der Waals surface area contributed by atoms with Crippen molar-refractivity contribution in [3.8, 4) is 0 Å². The van der Waals surface area contributed by atoms with E-state index in [-0.39, 0.29) is 0 Å². The van der Waals surface area contributed by atoms with Gasteiger partial charge in [-0.3, -0.25) is 54.6 Å². The highest BCUT2D eigenvalue weighted by atomic mass is 16.5. The summed E-state index contributed by atoms with van der Waals surface area (Å²) < 4.78 is 9.43.